The molecule has 0 unspecified atom stereocenters. The minimum atomic E-state index is 0.538. The van der Waals surface area contributed by atoms with E-state index >= 15 is 0 Å². The van der Waals surface area contributed by atoms with Crippen LogP contribution in [0, 0.1) is 5.92 Å². The van der Waals surface area contributed by atoms with Gasteiger partial charge in [-0.25, -0.2) is 4.98 Å². The minimum absolute atomic E-state index is 0.538. The van der Waals surface area contributed by atoms with E-state index in [1.54, 1.807) is 0 Å². The van der Waals surface area contributed by atoms with Gasteiger partial charge >= 0.3 is 0 Å². The Morgan fingerprint density at radius 3 is 2.68 bits per heavy atom. The molecule has 19 heavy (non-hydrogen) atoms. The molecule has 0 atom stereocenters. The van der Waals surface area contributed by atoms with Gasteiger partial charge in [0.1, 0.15) is 0 Å². The fourth-order valence-corrected chi connectivity index (χ4v) is 1.97. The summed E-state index contributed by atoms with van der Waals surface area (Å²) < 4.78 is 2.11. The van der Waals surface area contributed by atoms with Crippen LogP contribution in [0.3, 0.4) is 0 Å². The molecule has 3 heteroatoms. The highest BCUT2D eigenvalue weighted by atomic mass is 15.2. The molecular formula is C16H23N3. The van der Waals surface area contributed by atoms with Gasteiger partial charge in [0.2, 0.25) is 5.95 Å². The summed E-state index contributed by atoms with van der Waals surface area (Å²) in [5.74, 6) is 2.05. The van der Waals surface area contributed by atoms with Crippen molar-refractivity contribution >= 4 is 5.95 Å². The molecule has 0 saturated heterocycles. The molecule has 1 aromatic heterocycles. The summed E-state index contributed by atoms with van der Waals surface area (Å²) in [7, 11) is 0. The average molecular weight is 257 g/mol. The Morgan fingerprint density at radius 1 is 1.21 bits per heavy atom. The van der Waals surface area contributed by atoms with E-state index in [2.05, 4.69) is 66.8 Å². The van der Waals surface area contributed by atoms with E-state index in [0.29, 0.717) is 11.8 Å². The molecule has 0 saturated carbocycles. The molecule has 3 nitrogen and oxygen atoms in total. The number of rotatable bonds is 5. The maximum atomic E-state index is 4.39. The van der Waals surface area contributed by atoms with Crippen molar-refractivity contribution in [2.45, 2.75) is 33.6 Å². The molecule has 1 aromatic carbocycles. The van der Waals surface area contributed by atoms with E-state index in [1.165, 1.54) is 5.56 Å². The normalized spacial score (nSPS) is 11.3. The van der Waals surface area contributed by atoms with Gasteiger partial charge in [0.15, 0.2) is 0 Å². The van der Waals surface area contributed by atoms with Gasteiger partial charge in [0, 0.05) is 24.6 Å². The van der Waals surface area contributed by atoms with Crippen molar-refractivity contribution in [3.05, 3.63) is 42.2 Å². The predicted octanol–water partition coefficient (Wildman–Crippen LogP) is 4.06. The Bertz CT molecular complexity index is 526. The summed E-state index contributed by atoms with van der Waals surface area (Å²) in [6, 6.07) is 8.63. The first-order chi connectivity index (χ1) is 9.08. The zero-order chi connectivity index (χ0) is 13.8. The highest BCUT2D eigenvalue weighted by Gasteiger charge is 2.07. The van der Waals surface area contributed by atoms with Crippen LogP contribution in [0.2, 0.25) is 0 Å². The number of nitrogens with zero attached hydrogens (tertiary/aromatic N) is 2. The van der Waals surface area contributed by atoms with Gasteiger partial charge in [-0.3, -0.25) is 4.57 Å². The van der Waals surface area contributed by atoms with Crippen LogP contribution >= 0.6 is 0 Å². The number of hydrogen-bond acceptors (Lipinski definition) is 2. The lowest BCUT2D eigenvalue weighted by Crippen LogP contribution is -2.12. The van der Waals surface area contributed by atoms with E-state index in [0.717, 1.165) is 18.2 Å². The van der Waals surface area contributed by atoms with Gasteiger partial charge in [0.25, 0.3) is 0 Å². The topological polar surface area (TPSA) is 29.9 Å². The number of hydrogen-bond donors (Lipinski definition) is 1. The van der Waals surface area contributed by atoms with Crippen molar-refractivity contribution in [1.29, 1.82) is 0 Å². The third kappa shape index (κ3) is 3.37. The Balaban J connectivity index is 2.26. The number of aromatic nitrogens is 2. The van der Waals surface area contributed by atoms with Gasteiger partial charge < -0.3 is 5.32 Å². The first kappa shape index (κ1) is 13.7. The summed E-state index contributed by atoms with van der Waals surface area (Å²) in [5.41, 5.74) is 2.51. The second-order valence-electron chi connectivity index (χ2n) is 5.65. The molecule has 0 aliphatic carbocycles. The predicted molar refractivity (Wildman–Crippen MR) is 81.0 cm³/mol. The molecule has 0 aliphatic rings. The molecule has 0 radical (unpaired) electrons. The summed E-state index contributed by atoms with van der Waals surface area (Å²) in [6.45, 7) is 9.75. The molecule has 0 amide bonds. The zero-order valence-corrected chi connectivity index (χ0v) is 12.2. The lowest BCUT2D eigenvalue weighted by Gasteiger charge is -2.13. The summed E-state index contributed by atoms with van der Waals surface area (Å²) >= 11 is 0. The van der Waals surface area contributed by atoms with Crippen LogP contribution in [-0.4, -0.2) is 16.1 Å². The summed E-state index contributed by atoms with van der Waals surface area (Å²) in [6.07, 6.45) is 3.84. The molecule has 0 fully saturated rings. The number of anilines is 1. The molecular weight excluding hydrogens is 234 g/mol. The van der Waals surface area contributed by atoms with Crippen molar-refractivity contribution in [2.75, 3.05) is 11.9 Å². The second kappa shape index (κ2) is 5.91. The van der Waals surface area contributed by atoms with Gasteiger partial charge in [0.05, 0.1) is 0 Å². The van der Waals surface area contributed by atoms with Crippen LogP contribution in [0.4, 0.5) is 5.95 Å². The first-order valence-corrected chi connectivity index (χ1v) is 6.95. The van der Waals surface area contributed by atoms with Crippen molar-refractivity contribution in [1.82, 2.24) is 9.55 Å². The lowest BCUT2D eigenvalue weighted by atomic mass is 10.0. The van der Waals surface area contributed by atoms with E-state index in [9.17, 15) is 0 Å². The van der Waals surface area contributed by atoms with Crippen LogP contribution in [-0.2, 0) is 0 Å². The second-order valence-corrected chi connectivity index (χ2v) is 5.65. The van der Waals surface area contributed by atoms with Crippen LogP contribution in [0.1, 0.15) is 39.2 Å². The number of nitrogens with one attached hydrogen (secondary N) is 1. The summed E-state index contributed by atoms with van der Waals surface area (Å²) in [4.78, 5) is 4.39. The van der Waals surface area contributed by atoms with Crippen molar-refractivity contribution in [3.63, 3.8) is 0 Å². The Morgan fingerprint density at radius 2 is 2.00 bits per heavy atom. The number of benzene rings is 1. The van der Waals surface area contributed by atoms with Gasteiger partial charge in [-0.1, -0.05) is 39.8 Å². The van der Waals surface area contributed by atoms with E-state index in [1.807, 2.05) is 12.4 Å². The first-order valence-electron chi connectivity index (χ1n) is 6.95. The fraction of sp³-hybridized carbons (Fsp3) is 0.438. The Kier molecular flexibility index (Phi) is 4.25. The third-order valence-electron chi connectivity index (χ3n) is 3.12. The van der Waals surface area contributed by atoms with Gasteiger partial charge in [-0.2, -0.15) is 0 Å². The van der Waals surface area contributed by atoms with E-state index in [-0.39, 0.29) is 0 Å². The van der Waals surface area contributed by atoms with Gasteiger partial charge in [-0.15, -0.1) is 0 Å². The summed E-state index contributed by atoms with van der Waals surface area (Å²) in [5, 5.41) is 3.39. The standard InChI is InChI=1S/C16H23N3/c1-12(2)11-18-16-17-8-9-19(16)15-7-5-6-14(10-15)13(3)4/h5-10,12-13H,11H2,1-4H3,(H,17,18). The molecule has 0 spiro atoms. The molecule has 102 valence electrons. The lowest BCUT2D eigenvalue weighted by molar-refractivity contribution is 0.683. The quantitative estimate of drug-likeness (QED) is 0.875. The van der Waals surface area contributed by atoms with Crippen LogP contribution in [0.25, 0.3) is 5.69 Å². The smallest absolute Gasteiger partial charge is 0.207 e. The van der Waals surface area contributed by atoms with E-state index in [4.69, 9.17) is 0 Å². The average Bonchev–Trinajstić information content (AvgIpc) is 2.84. The highest BCUT2D eigenvalue weighted by Crippen LogP contribution is 2.20. The fourth-order valence-electron chi connectivity index (χ4n) is 1.97. The van der Waals surface area contributed by atoms with Crippen molar-refractivity contribution < 1.29 is 0 Å². The maximum Gasteiger partial charge on any atom is 0.207 e. The molecule has 1 N–H and O–H groups in total. The van der Waals surface area contributed by atoms with E-state index < -0.39 is 0 Å². The zero-order valence-electron chi connectivity index (χ0n) is 12.2. The monoisotopic (exact) mass is 257 g/mol. The highest BCUT2D eigenvalue weighted by molar-refractivity contribution is 5.44. The van der Waals surface area contributed by atoms with Gasteiger partial charge in [-0.05, 0) is 29.5 Å². The molecule has 2 rings (SSSR count). The molecule has 0 bridgehead atoms. The van der Waals surface area contributed by atoms with Crippen LogP contribution in [0.15, 0.2) is 36.7 Å². The molecule has 2 aromatic rings. The molecule has 0 aliphatic heterocycles. The minimum Gasteiger partial charge on any atom is -0.355 e. The SMILES string of the molecule is CC(C)CNc1nccn1-c1cccc(C(C)C)c1. The molecule has 1 heterocycles. The maximum absolute atomic E-state index is 4.39. The Labute approximate surface area is 115 Å². The van der Waals surface area contributed by atoms with Crippen LogP contribution < -0.4 is 5.32 Å². The Hall–Kier alpha value is -1.77. The van der Waals surface area contributed by atoms with Crippen molar-refractivity contribution in [3.8, 4) is 5.69 Å². The largest absolute Gasteiger partial charge is 0.355 e. The van der Waals surface area contributed by atoms with Crippen LogP contribution in [0.5, 0.6) is 0 Å². The van der Waals surface area contributed by atoms with Crippen molar-refractivity contribution in [2.24, 2.45) is 5.92 Å². The third-order valence-corrected chi connectivity index (χ3v) is 3.12. The number of imidazole rings is 1.